The number of hydrogen-bond donors (Lipinski definition) is 1. The van der Waals surface area contributed by atoms with Crippen molar-refractivity contribution in [3.05, 3.63) is 36.1 Å². The van der Waals surface area contributed by atoms with Gasteiger partial charge >= 0.3 is 0 Å². The maximum atomic E-state index is 6.08. The van der Waals surface area contributed by atoms with Crippen LogP contribution in [0, 0.1) is 5.92 Å². The minimum atomic E-state index is 0.362. The van der Waals surface area contributed by atoms with E-state index in [0.29, 0.717) is 12.0 Å². The van der Waals surface area contributed by atoms with Gasteiger partial charge < -0.3 is 9.73 Å². The molecule has 1 saturated carbocycles. The molecule has 1 unspecified atom stereocenters. The van der Waals surface area contributed by atoms with Gasteiger partial charge in [-0.15, -0.1) is 0 Å². The number of hydrogen-bond acceptors (Lipinski definition) is 2. The van der Waals surface area contributed by atoms with Crippen LogP contribution in [0.4, 0.5) is 0 Å². The number of benzene rings is 1. The molecule has 108 valence electrons. The largest absolute Gasteiger partial charge is 0.459 e. The first-order valence-electron chi connectivity index (χ1n) is 8.04. The molecule has 0 amide bonds. The van der Waals surface area contributed by atoms with E-state index >= 15 is 0 Å². The first-order valence-corrected chi connectivity index (χ1v) is 8.04. The Kier molecular flexibility index (Phi) is 4.41. The maximum absolute atomic E-state index is 6.08. The van der Waals surface area contributed by atoms with Gasteiger partial charge in [0.15, 0.2) is 0 Å². The van der Waals surface area contributed by atoms with E-state index in [1.807, 2.05) is 6.07 Å². The summed E-state index contributed by atoms with van der Waals surface area (Å²) < 4.78 is 6.08. The van der Waals surface area contributed by atoms with Gasteiger partial charge in [-0.1, -0.05) is 50.3 Å². The zero-order valence-corrected chi connectivity index (χ0v) is 12.4. The average molecular weight is 271 g/mol. The lowest BCUT2D eigenvalue weighted by Crippen LogP contribution is -2.25. The van der Waals surface area contributed by atoms with Gasteiger partial charge in [0.05, 0.1) is 6.04 Å². The zero-order chi connectivity index (χ0) is 13.8. The van der Waals surface area contributed by atoms with Crippen molar-refractivity contribution in [3.8, 4) is 0 Å². The fourth-order valence-corrected chi connectivity index (χ4v) is 3.59. The van der Waals surface area contributed by atoms with Crippen molar-refractivity contribution in [1.82, 2.24) is 5.32 Å². The Morgan fingerprint density at radius 1 is 1.05 bits per heavy atom. The molecular weight excluding hydrogens is 246 g/mol. The van der Waals surface area contributed by atoms with Crippen molar-refractivity contribution in [2.45, 2.75) is 51.0 Å². The molecule has 0 bridgehead atoms. The fraction of sp³-hybridized carbons (Fsp3) is 0.556. The molecule has 3 rings (SSSR count). The Morgan fingerprint density at radius 2 is 1.75 bits per heavy atom. The SMILES string of the molecule is CNC(c1cc2ccccc2o1)C1CCCCCCC1. The molecule has 0 spiro atoms. The molecule has 1 aromatic heterocycles. The summed E-state index contributed by atoms with van der Waals surface area (Å²) in [5.74, 6) is 1.82. The van der Waals surface area contributed by atoms with E-state index in [-0.39, 0.29) is 0 Å². The molecule has 1 aromatic carbocycles. The van der Waals surface area contributed by atoms with Crippen LogP contribution < -0.4 is 5.32 Å². The molecule has 1 N–H and O–H groups in total. The van der Waals surface area contributed by atoms with Gasteiger partial charge in [-0.2, -0.15) is 0 Å². The highest BCUT2D eigenvalue weighted by Gasteiger charge is 2.25. The quantitative estimate of drug-likeness (QED) is 0.844. The Balaban J connectivity index is 1.83. The Morgan fingerprint density at radius 3 is 2.45 bits per heavy atom. The van der Waals surface area contributed by atoms with Gasteiger partial charge in [-0.25, -0.2) is 0 Å². The second-order valence-corrected chi connectivity index (χ2v) is 6.06. The maximum Gasteiger partial charge on any atom is 0.134 e. The number of nitrogens with one attached hydrogen (secondary N) is 1. The van der Waals surface area contributed by atoms with E-state index in [0.717, 1.165) is 11.3 Å². The van der Waals surface area contributed by atoms with Crippen molar-refractivity contribution in [2.24, 2.45) is 5.92 Å². The van der Waals surface area contributed by atoms with Crippen molar-refractivity contribution < 1.29 is 4.42 Å². The van der Waals surface area contributed by atoms with E-state index in [9.17, 15) is 0 Å². The van der Waals surface area contributed by atoms with E-state index < -0.39 is 0 Å². The first kappa shape index (κ1) is 13.7. The van der Waals surface area contributed by atoms with Crippen molar-refractivity contribution in [1.29, 1.82) is 0 Å². The molecule has 1 aliphatic carbocycles. The molecule has 1 heterocycles. The average Bonchev–Trinajstić information content (AvgIpc) is 2.85. The third-order valence-corrected chi connectivity index (χ3v) is 4.68. The van der Waals surface area contributed by atoms with E-state index in [1.54, 1.807) is 0 Å². The van der Waals surface area contributed by atoms with Gasteiger partial charge in [0.2, 0.25) is 0 Å². The second-order valence-electron chi connectivity index (χ2n) is 6.06. The van der Waals surface area contributed by atoms with Gasteiger partial charge in [0.25, 0.3) is 0 Å². The smallest absolute Gasteiger partial charge is 0.134 e. The van der Waals surface area contributed by atoms with Crippen LogP contribution >= 0.6 is 0 Å². The Hall–Kier alpha value is -1.28. The van der Waals surface area contributed by atoms with E-state index in [1.165, 1.54) is 50.3 Å². The second kappa shape index (κ2) is 6.45. The van der Waals surface area contributed by atoms with Crippen LogP contribution in [0.5, 0.6) is 0 Å². The molecule has 2 nitrogen and oxygen atoms in total. The summed E-state index contributed by atoms with van der Waals surface area (Å²) >= 11 is 0. The normalized spacial score (nSPS) is 19.6. The lowest BCUT2D eigenvalue weighted by atomic mass is 9.85. The van der Waals surface area contributed by atoms with E-state index in [4.69, 9.17) is 4.42 Å². The van der Waals surface area contributed by atoms with Crippen LogP contribution in [-0.2, 0) is 0 Å². The Labute approximate surface area is 121 Å². The molecule has 0 aliphatic heterocycles. The standard InChI is InChI=1S/C18H25NO/c1-19-18(14-9-5-3-2-4-6-10-14)17-13-15-11-7-8-12-16(15)20-17/h7-8,11-14,18-19H,2-6,9-10H2,1H3. The predicted octanol–water partition coefficient (Wildman–Crippen LogP) is 5.05. The third-order valence-electron chi connectivity index (χ3n) is 4.68. The zero-order valence-electron chi connectivity index (χ0n) is 12.4. The van der Waals surface area contributed by atoms with Crippen LogP contribution in [0.25, 0.3) is 11.0 Å². The third kappa shape index (κ3) is 2.90. The van der Waals surface area contributed by atoms with Crippen LogP contribution in [0.3, 0.4) is 0 Å². The summed E-state index contributed by atoms with van der Waals surface area (Å²) in [4.78, 5) is 0. The molecular formula is C18H25NO. The first-order chi connectivity index (χ1) is 9.88. The van der Waals surface area contributed by atoms with Gasteiger partial charge in [0.1, 0.15) is 11.3 Å². The van der Waals surface area contributed by atoms with Crippen LogP contribution in [-0.4, -0.2) is 7.05 Å². The monoisotopic (exact) mass is 271 g/mol. The number of para-hydroxylation sites is 1. The molecule has 1 fully saturated rings. The number of fused-ring (bicyclic) bond motifs is 1. The van der Waals surface area contributed by atoms with Crippen molar-refractivity contribution >= 4 is 11.0 Å². The van der Waals surface area contributed by atoms with Crippen molar-refractivity contribution in [3.63, 3.8) is 0 Å². The highest BCUT2D eigenvalue weighted by atomic mass is 16.3. The highest BCUT2D eigenvalue weighted by Crippen LogP contribution is 2.35. The van der Waals surface area contributed by atoms with Gasteiger partial charge in [0, 0.05) is 5.39 Å². The number of furan rings is 1. The summed E-state index contributed by atoms with van der Waals surface area (Å²) in [5, 5.41) is 4.72. The molecule has 1 aliphatic rings. The number of rotatable bonds is 3. The van der Waals surface area contributed by atoms with Crippen LogP contribution in [0.1, 0.15) is 56.7 Å². The minimum Gasteiger partial charge on any atom is -0.459 e. The summed E-state index contributed by atoms with van der Waals surface area (Å²) in [6.07, 6.45) is 9.58. The Bertz CT molecular complexity index is 504. The van der Waals surface area contributed by atoms with Crippen LogP contribution in [0.15, 0.2) is 34.7 Å². The summed E-state index contributed by atoms with van der Waals surface area (Å²) in [6.45, 7) is 0. The van der Waals surface area contributed by atoms with Crippen LogP contribution in [0.2, 0.25) is 0 Å². The molecule has 2 heteroatoms. The summed E-state index contributed by atoms with van der Waals surface area (Å²) in [6, 6.07) is 10.9. The summed E-state index contributed by atoms with van der Waals surface area (Å²) in [7, 11) is 2.07. The molecule has 0 radical (unpaired) electrons. The van der Waals surface area contributed by atoms with Gasteiger partial charge in [-0.3, -0.25) is 0 Å². The topological polar surface area (TPSA) is 25.2 Å². The van der Waals surface area contributed by atoms with E-state index in [2.05, 4.69) is 36.6 Å². The van der Waals surface area contributed by atoms with Gasteiger partial charge in [-0.05, 0) is 37.9 Å². The predicted molar refractivity (Wildman–Crippen MR) is 83.8 cm³/mol. The summed E-state index contributed by atoms with van der Waals surface area (Å²) in [5.41, 5.74) is 1.01. The molecule has 0 saturated heterocycles. The molecule has 1 atom stereocenters. The lowest BCUT2D eigenvalue weighted by molar-refractivity contribution is 0.272. The molecule has 20 heavy (non-hydrogen) atoms. The minimum absolute atomic E-state index is 0.362. The highest BCUT2D eigenvalue weighted by molar-refractivity contribution is 5.77. The lowest BCUT2D eigenvalue weighted by Gasteiger charge is -2.27. The fourth-order valence-electron chi connectivity index (χ4n) is 3.59. The van der Waals surface area contributed by atoms with Crippen molar-refractivity contribution in [2.75, 3.05) is 7.05 Å². The molecule has 2 aromatic rings.